The zero-order valence-corrected chi connectivity index (χ0v) is 37.6. The quantitative estimate of drug-likeness (QED) is 0.0265. The second-order valence-electron chi connectivity index (χ2n) is 16.0. The highest BCUT2D eigenvalue weighted by Crippen LogP contribution is 2.14. The van der Waals surface area contributed by atoms with E-state index in [1.807, 2.05) is 0 Å². The molecule has 0 aromatic rings. The third-order valence-electron chi connectivity index (χ3n) is 10.3. The first-order chi connectivity index (χ1) is 28.0. The van der Waals surface area contributed by atoms with Crippen molar-refractivity contribution in [2.24, 2.45) is 0 Å². The Hall–Kier alpha value is -2.63. The third-order valence-corrected chi connectivity index (χ3v) is 10.3. The number of ether oxygens (including phenoxy) is 3. The molecule has 0 spiro atoms. The van der Waals surface area contributed by atoms with E-state index in [4.69, 9.17) is 14.2 Å². The van der Waals surface area contributed by atoms with Crippen LogP contribution in [0.4, 0.5) is 0 Å². The van der Waals surface area contributed by atoms with Crippen molar-refractivity contribution in [1.82, 2.24) is 0 Å². The fraction of sp³-hybridized carbons (Fsp3) is 0.784. The summed E-state index contributed by atoms with van der Waals surface area (Å²) in [7, 11) is 0. The van der Waals surface area contributed by atoms with Crippen molar-refractivity contribution in [3.05, 3.63) is 48.6 Å². The Balaban J connectivity index is 4.36. The van der Waals surface area contributed by atoms with Gasteiger partial charge in [-0.05, 0) is 96.3 Å². The van der Waals surface area contributed by atoms with Crippen LogP contribution in [0, 0.1) is 0 Å². The van der Waals surface area contributed by atoms with Gasteiger partial charge < -0.3 is 14.2 Å². The van der Waals surface area contributed by atoms with Gasteiger partial charge in [0.25, 0.3) is 0 Å². The first-order valence-corrected chi connectivity index (χ1v) is 24.1. The van der Waals surface area contributed by atoms with Crippen molar-refractivity contribution >= 4 is 17.9 Å². The molecule has 0 bridgehead atoms. The fourth-order valence-corrected chi connectivity index (χ4v) is 6.64. The summed E-state index contributed by atoms with van der Waals surface area (Å²) in [5.41, 5.74) is 0. The fourth-order valence-electron chi connectivity index (χ4n) is 6.64. The molecule has 0 radical (unpaired) electrons. The predicted molar refractivity (Wildman–Crippen MR) is 242 cm³/mol. The van der Waals surface area contributed by atoms with Crippen LogP contribution in [-0.4, -0.2) is 37.2 Å². The summed E-state index contributed by atoms with van der Waals surface area (Å²) in [6, 6.07) is 0. The summed E-state index contributed by atoms with van der Waals surface area (Å²) in [6.45, 7) is 6.45. The molecule has 0 rings (SSSR count). The van der Waals surface area contributed by atoms with Crippen molar-refractivity contribution in [2.45, 2.75) is 245 Å². The molecule has 1 atom stereocenters. The number of allylic oxidation sites excluding steroid dienone is 8. The van der Waals surface area contributed by atoms with Crippen LogP contribution in [0.25, 0.3) is 0 Å². The molecule has 0 amide bonds. The smallest absolute Gasteiger partial charge is 0.306 e. The average molecular weight is 799 g/mol. The number of esters is 3. The number of rotatable bonds is 43. The van der Waals surface area contributed by atoms with Crippen LogP contribution in [0.5, 0.6) is 0 Å². The number of hydrogen-bond acceptors (Lipinski definition) is 6. The normalized spacial score (nSPS) is 12.4. The minimum Gasteiger partial charge on any atom is -0.462 e. The highest BCUT2D eigenvalue weighted by Gasteiger charge is 2.19. The van der Waals surface area contributed by atoms with E-state index >= 15 is 0 Å². The lowest BCUT2D eigenvalue weighted by Crippen LogP contribution is -2.30. The molecule has 6 nitrogen and oxygen atoms in total. The van der Waals surface area contributed by atoms with E-state index in [0.717, 1.165) is 83.5 Å². The second kappa shape index (κ2) is 46.1. The summed E-state index contributed by atoms with van der Waals surface area (Å²) >= 11 is 0. The number of carbonyl (C=O) groups is 3. The van der Waals surface area contributed by atoms with E-state index in [0.29, 0.717) is 19.3 Å². The number of hydrogen-bond donors (Lipinski definition) is 0. The minimum atomic E-state index is -0.792. The van der Waals surface area contributed by atoms with Gasteiger partial charge in [0.1, 0.15) is 13.2 Å². The summed E-state index contributed by atoms with van der Waals surface area (Å²) in [5.74, 6) is -0.949. The molecule has 0 heterocycles. The molecule has 0 aliphatic rings. The van der Waals surface area contributed by atoms with Gasteiger partial charge in [-0.3, -0.25) is 14.4 Å². The van der Waals surface area contributed by atoms with Gasteiger partial charge in [0.05, 0.1) is 0 Å². The summed E-state index contributed by atoms with van der Waals surface area (Å²) in [4.78, 5) is 37.7. The van der Waals surface area contributed by atoms with E-state index < -0.39 is 6.10 Å². The monoisotopic (exact) mass is 799 g/mol. The SMILES string of the molecule is CC/C=C\C/C=C\CCCCC(=O)OCC(COC(=O)CCCCCCCCC/C=C\CCCCCCCC)OC(=O)CCCCC/C=C\CCCCCCCC. The molecule has 6 heteroatoms. The van der Waals surface area contributed by atoms with E-state index in [-0.39, 0.29) is 31.1 Å². The lowest BCUT2D eigenvalue weighted by molar-refractivity contribution is -0.167. The first kappa shape index (κ1) is 54.4. The Kier molecular flexibility index (Phi) is 43.9. The largest absolute Gasteiger partial charge is 0.462 e. The van der Waals surface area contributed by atoms with E-state index in [1.54, 1.807) is 0 Å². The van der Waals surface area contributed by atoms with Crippen molar-refractivity contribution in [3.63, 3.8) is 0 Å². The third kappa shape index (κ3) is 44.3. The van der Waals surface area contributed by atoms with Crippen LogP contribution >= 0.6 is 0 Å². The summed E-state index contributed by atoms with van der Waals surface area (Å²) in [6.07, 6.45) is 53.9. The summed E-state index contributed by atoms with van der Waals surface area (Å²) in [5, 5.41) is 0. The average Bonchev–Trinajstić information content (AvgIpc) is 3.21. The molecule has 0 aromatic carbocycles. The van der Waals surface area contributed by atoms with E-state index in [9.17, 15) is 14.4 Å². The molecular formula is C51H90O6. The molecular weight excluding hydrogens is 709 g/mol. The number of unbranched alkanes of at least 4 members (excludes halogenated alkanes) is 24. The lowest BCUT2D eigenvalue weighted by Gasteiger charge is -2.18. The van der Waals surface area contributed by atoms with Crippen molar-refractivity contribution < 1.29 is 28.6 Å². The minimum absolute atomic E-state index is 0.0913. The zero-order valence-electron chi connectivity index (χ0n) is 37.6. The second-order valence-corrected chi connectivity index (χ2v) is 16.0. The maximum Gasteiger partial charge on any atom is 0.306 e. The van der Waals surface area contributed by atoms with Gasteiger partial charge in [0.15, 0.2) is 6.10 Å². The maximum absolute atomic E-state index is 12.7. The molecule has 0 fully saturated rings. The van der Waals surface area contributed by atoms with E-state index in [1.165, 1.54) is 116 Å². The standard InChI is InChI=1S/C51H90O6/c1-4-7-10-13-16-19-21-23-24-25-26-28-29-32-35-38-41-44-50(53)56-47-48(46-55-49(52)43-40-37-34-31-18-15-12-9-6-3)57-51(54)45-42-39-36-33-30-27-22-20-17-14-11-8-5-2/h9,12,18,23-24,27,30-31,48H,4-8,10-11,13-17,19-22,25-26,28-29,32-47H2,1-3H3/b12-9-,24-23-,30-27-,31-18-. The Morgan fingerprint density at radius 2 is 0.684 bits per heavy atom. The van der Waals surface area contributed by atoms with Crippen LogP contribution in [0.15, 0.2) is 48.6 Å². The molecule has 1 unspecified atom stereocenters. The first-order valence-electron chi connectivity index (χ1n) is 24.1. The van der Waals surface area contributed by atoms with E-state index in [2.05, 4.69) is 69.4 Å². The Labute approximate surface area is 352 Å². The van der Waals surface area contributed by atoms with Crippen molar-refractivity contribution in [2.75, 3.05) is 13.2 Å². The van der Waals surface area contributed by atoms with Crippen LogP contribution in [-0.2, 0) is 28.6 Å². The van der Waals surface area contributed by atoms with Gasteiger partial charge in [0, 0.05) is 19.3 Å². The Morgan fingerprint density at radius 3 is 1.12 bits per heavy atom. The predicted octanol–water partition coefficient (Wildman–Crippen LogP) is 15.5. The Morgan fingerprint density at radius 1 is 0.368 bits per heavy atom. The Bertz CT molecular complexity index is 1010. The van der Waals surface area contributed by atoms with Gasteiger partial charge in [-0.2, -0.15) is 0 Å². The van der Waals surface area contributed by atoms with Gasteiger partial charge in [0.2, 0.25) is 0 Å². The maximum atomic E-state index is 12.7. The topological polar surface area (TPSA) is 78.9 Å². The molecule has 0 N–H and O–H groups in total. The van der Waals surface area contributed by atoms with Crippen molar-refractivity contribution in [1.29, 1.82) is 0 Å². The zero-order chi connectivity index (χ0) is 41.5. The summed E-state index contributed by atoms with van der Waals surface area (Å²) < 4.78 is 16.7. The molecule has 0 saturated carbocycles. The van der Waals surface area contributed by atoms with Crippen LogP contribution in [0.2, 0.25) is 0 Å². The van der Waals surface area contributed by atoms with Gasteiger partial charge in [-0.15, -0.1) is 0 Å². The molecule has 0 aliphatic heterocycles. The highest BCUT2D eigenvalue weighted by molar-refractivity contribution is 5.71. The molecule has 330 valence electrons. The molecule has 0 saturated heterocycles. The van der Waals surface area contributed by atoms with Crippen LogP contribution in [0.1, 0.15) is 239 Å². The molecule has 0 aliphatic carbocycles. The molecule has 57 heavy (non-hydrogen) atoms. The van der Waals surface area contributed by atoms with Crippen LogP contribution < -0.4 is 0 Å². The van der Waals surface area contributed by atoms with Crippen LogP contribution in [0.3, 0.4) is 0 Å². The van der Waals surface area contributed by atoms with Gasteiger partial charge in [-0.1, -0.05) is 172 Å². The highest BCUT2D eigenvalue weighted by atomic mass is 16.6. The van der Waals surface area contributed by atoms with Gasteiger partial charge >= 0.3 is 17.9 Å². The molecule has 0 aromatic heterocycles. The van der Waals surface area contributed by atoms with Crippen molar-refractivity contribution in [3.8, 4) is 0 Å². The lowest BCUT2D eigenvalue weighted by atomic mass is 10.1. The van der Waals surface area contributed by atoms with Gasteiger partial charge in [-0.25, -0.2) is 0 Å². The number of carbonyl (C=O) groups excluding carboxylic acids is 3.